The van der Waals surface area contributed by atoms with Gasteiger partial charge in [0.05, 0.1) is 5.02 Å². The summed E-state index contributed by atoms with van der Waals surface area (Å²) in [6.45, 7) is 0. The highest BCUT2D eigenvalue weighted by Gasteiger charge is 2.22. The van der Waals surface area contributed by atoms with Gasteiger partial charge in [-0.25, -0.2) is 8.42 Å². The molecule has 0 aliphatic carbocycles. The van der Waals surface area contributed by atoms with Crippen LogP contribution in [0.2, 0.25) is 10.0 Å². The van der Waals surface area contributed by atoms with Crippen LogP contribution in [0.15, 0.2) is 50.0 Å². The fraction of sp³-hybridized carbons (Fsp3) is 0.0833. The SMILES string of the molecule is NC(CS(=O)(=O)c1cccs1)=NOS(=O)(=O)c1cc(Cl)ccc1Cl. The highest BCUT2D eigenvalue weighted by atomic mass is 35.5. The molecule has 2 N–H and O–H groups in total. The number of halogens is 2. The summed E-state index contributed by atoms with van der Waals surface area (Å²) in [6.07, 6.45) is 0. The molecule has 0 spiro atoms. The van der Waals surface area contributed by atoms with Gasteiger partial charge in [-0.2, -0.15) is 8.42 Å². The third kappa shape index (κ3) is 4.61. The number of nitrogens with zero attached hydrogens (tertiary/aromatic N) is 1. The lowest BCUT2D eigenvalue weighted by Crippen LogP contribution is -2.24. The minimum atomic E-state index is -4.39. The summed E-state index contributed by atoms with van der Waals surface area (Å²) in [7, 11) is -8.12. The van der Waals surface area contributed by atoms with Crippen LogP contribution in [0.3, 0.4) is 0 Å². The first-order valence-electron chi connectivity index (χ1n) is 6.09. The van der Waals surface area contributed by atoms with Crippen molar-refractivity contribution in [3.63, 3.8) is 0 Å². The molecule has 0 fully saturated rings. The first kappa shape index (κ1) is 19.0. The lowest BCUT2D eigenvalue weighted by atomic mass is 10.4. The minimum Gasteiger partial charge on any atom is -0.384 e. The van der Waals surface area contributed by atoms with Gasteiger partial charge >= 0.3 is 10.1 Å². The predicted octanol–water partition coefficient (Wildman–Crippen LogP) is 2.51. The maximum Gasteiger partial charge on any atom is 0.360 e. The first-order valence-corrected chi connectivity index (χ1v) is 10.8. The van der Waals surface area contributed by atoms with Crippen molar-refractivity contribution in [1.29, 1.82) is 0 Å². The van der Waals surface area contributed by atoms with Gasteiger partial charge in [0.2, 0.25) is 0 Å². The van der Waals surface area contributed by atoms with Crippen LogP contribution in [-0.4, -0.2) is 28.4 Å². The molecule has 12 heteroatoms. The van der Waals surface area contributed by atoms with E-state index < -0.39 is 36.4 Å². The molecule has 0 aliphatic heterocycles. The predicted molar refractivity (Wildman–Crippen MR) is 92.7 cm³/mol. The molecule has 1 heterocycles. The van der Waals surface area contributed by atoms with Crippen LogP contribution in [0.25, 0.3) is 0 Å². The van der Waals surface area contributed by atoms with E-state index in [0.717, 1.165) is 17.4 Å². The van der Waals surface area contributed by atoms with Gasteiger partial charge in [-0.15, -0.1) is 11.3 Å². The smallest absolute Gasteiger partial charge is 0.360 e. The zero-order chi connectivity index (χ0) is 18.0. The number of oxime groups is 1. The Kier molecular flexibility index (Phi) is 5.76. The quantitative estimate of drug-likeness (QED) is 0.429. The zero-order valence-electron chi connectivity index (χ0n) is 11.7. The molecular formula is C12H10Cl2N2O5S3. The van der Waals surface area contributed by atoms with Crippen LogP contribution < -0.4 is 5.73 Å². The molecular weight excluding hydrogens is 419 g/mol. The third-order valence-corrected chi connectivity index (χ3v) is 7.52. The van der Waals surface area contributed by atoms with E-state index in [2.05, 4.69) is 9.44 Å². The Morgan fingerprint density at radius 2 is 1.92 bits per heavy atom. The topological polar surface area (TPSA) is 116 Å². The number of rotatable bonds is 6. The molecule has 0 saturated carbocycles. The number of amidine groups is 1. The minimum absolute atomic E-state index is 0.0846. The second-order valence-electron chi connectivity index (χ2n) is 4.38. The van der Waals surface area contributed by atoms with Crippen LogP contribution in [0.5, 0.6) is 0 Å². The van der Waals surface area contributed by atoms with Crippen molar-refractivity contribution in [3.8, 4) is 0 Å². The van der Waals surface area contributed by atoms with E-state index in [4.69, 9.17) is 28.9 Å². The summed E-state index contributed by atoms with van der Waals surface area (Å²) in [5, 5.41) is 4.75. The van der Waals surface area contributed by atoms with Crippen LogP contribution in [-0.2, 0) is 24.2 Å². The normalized spacial score (nSPS) is 13.0. The van der Waals surface area contributed by atoms with Gasteiger partial charge in [0.25, 0.3) is 0 Å². The van der Waals surface area contributed by atoms with Gasteiger partial charge in [-0.3, -0.25) is 4.28 Å². The molecule has 0 saturated heterocycles. The van der Waals surface area contributed by atoms with Crippen LogP contribution >= 0.6 is 34.5 Å². The van der Waals surface area contributed by atoms with Gasteiger partial charge in [-0.1, -0.05) is 34.4 Å². The molecule has 0 aliphatic rings. The Labute approximate surface area is 152 Å². The van der Waals surface area contributed by atoms with Crippen LogP contribution in [0.4, 0.5) is 0 Å². The van der Waals surface area contributed by atoms with E-state index in [1.165, 1.54) is 18.2 Å². The van der Waals surface area contributed by atoms with Gasteiger partial charge in [-0.05, 0) is 29.6 Å². The van der Waals surface area contributed by atoms with Crippen LogP contribution in [0.1, 0.15) is 0 Å². The summed E-state index contributed by atoms with van der Waals surface area (Å²) in [5.41, 5.74) is 5.45. The lowest BCUT2D eigenvalue weighted by molar-refractivity contribution is 0.338. The van der Waals surface area contributed by atoms with E-state index in [-0.39, 0.29) is 14.3 Å². The van der Waals surface area contributed by atoms with Gasteiger partial charge in [0.15, 0.2) is 15.7 Å². The maximum absolute atomic E-state index is 12.0. The summed E-state index contributed by atoms with van der Waals surface area (Å²) >= 11 is 12.5. The van der Waals surface area contributed by atoms with Crippen molar-refractivity contribution in [1.82, 2.24) is 0 Å². The molecule has 130 valence electrons. The second kappa shape index (κ2) is 7.28. The van der Waals surface area contributed by atoms with E-state index in [0.29, 0.717) is 0 Å². The molecule has 0 atom stereocenters. The van der Waals surface area contributed by atoms with E-state index in [1.54, 1.807) is 11.4 Å². The third-order valence-electron chi connectivity index (χ3n) is 2.55. The molecule has 0 radical (unpaired) electrons. The molecule has 0 amide bonds. The summed E-state index contributed by atoms with van der Waals surface area (Å²) < 4.78 is 52.6. The molecule has 2 aromatic rings. The Hall–Kier alpha value is -1.33. The highest BCUT2D eigenvalue weighted by Crippen LogP contribution is 2.26. The second-order valence-corrected chi connectivity index (χ2v) is 9.88. The number of nitrogens with two attached hydrogens (primary N) is 1. The number of benzene rings is 1. The largest absolute Gasteiger partial charge is 0.384 e. The molecule has 0 bridgehead atoms. The average Bonchev–Trinajstić information content (AvgIpc) is 3.02. The van der Waals surface area contributed by atoms with Crippen molar-refractivity contribution in [3.05, 3.63) is 45.8 Å². The Balaban J connectivity index is 2.19. The van der Waals surface area contributed by atoms with Gasteiger partial charge < -0.3 is 5.73 Å². The molecule has 2 rings (SSSR count). The number of hydrogen-bond donors (Lipinski definition) is 1. The van der Waals surface area contributed by atoms with Crippen molar-refractivity contribution in [2.75, 3.05) is 5.75 Å². The molecule has 24 heavy (non-hydrogen) atoms. The van der Waals surface area contributed by atoms with Crippen molar-refractivity contribution in [2.45, 2.75) is 9.10 Å². The van der Waals surface area contributed by atoms with Crippen LogP contribution in [0, 0.1) is 0 Å². The Morgan fingerprint density at radius 3 is 2.54 bits per heavy atom. The zero-order valence-corrected chi connectivity index (χ0v) is 15.7. The number of sulfone groups is 1. The Morgan fingerprint density at radius 1 is 1.21 bits per heavy atom. The maximum atomic E-state index is 12.0. The fourth-order valence-corrected chi connectivity index (χ4v) is 5.28. The Bertz CT molecular complexity index is 970. The molecule has 1 aromatic carbocycles. The average molecular weight is 429 g/mol. The van der Waals surface area contributed by atoms with E-state index in [9.17, 15) is 16.8 Å². The lowest BCUT2D eigenvalue weighted by Gasteiger charge is -2.05. The molecule has 7 nitrogen and oxygen atoms in total. The standard InChI is InChI=1S/C12H10Cl2N2O5S3/c13-8-3-4-9(14)10(6-8)24(19,20)21-16-11(15)7-23(17,18)12-2-1-5-22-12/h1-6H,7H2,(H2,15,16). The molecule has 1 aromatic heterocycles. The van der Waals surface area contributed by atoms with Crippen molar-refractivity contribution in [2.24, 2.45) is 10.9 Å². The molecule has 0 unspecified atom stereocenters. The van der Waals surface area contributed by atoms with Gasteiger partial charge in [0, 0.05) is 5.02 Å². The number of thiophene rings is 1. The number of hydrogen-bond acceptors (Lipinski definition) is 7. The van der Waals surface area contributed by atoms with E-state index >= 15 is 0 Å². The first-order chi connectivity index (χ1) is 11.1. The summed E-state index contributed by atoms with van der Waals surface area (Å²) in [4.78, 5) is -0.408. The van der Waals surface area contributed by atoms with E-state index in [1.807, 2.05) is 0 Å². The highest BCUT2D eigenvalue weighted by molar-refractivity contribution is 7.94. The van der Waals surface area contributed by atoms with Crippen molar-refractivity contribution < 1.29 is 21.1 Å². The van der Waals surface area contributed by atoms with Crippen molar-refractivity contribution >= 4 is 60.3 Å². The fourth-order valence-electron chi connectivity index (χ4n) is 1.54. The summed E-state index contributed by atoms with van der Waals surface area (Å²) in [6, 6.07) is 6.71. The monoisotopic (exact) mass is 428 g/mol. The summed E-state index contributed by atoms with van der Waals surface area (Å²) in [5.74, 6) is -1.21. The van der Waals surface area contributed by atoms with Gasteiger partial charge in [0.1, 0.15) is 14.9 Å².